The third-order valence-electron chi connectivity index (χ3n) is 0.512. The Morgan fingerprint density at radius 2 is 1.67 bits per heavy atom. The van der Waals surface area contributed by atoms with Crippen LogP contribution in [0.3, 0.4) is 0 Å². The van der Waals surface area contributed by atoms with Crippen molar-refractivity contribution in [2.24, 2.45) is 0 Å². The molecule has 0 heterocycles. The van der Waals surface area contributed by atoms with Crippen molar-refractivity contribution >= 4 is 57.6 Å². The zero-order chi connectivity index (χ0) is 7.70. The Balaban J connectivity index is 0. The van der Waals surface area contributed by atoms with Gasteiger partial charge in [0.2, 0.25) is 0 Å². The number of hydrogen-bond acceptors (Lipinski definition) is 1. The normalized spacial score (nSPS) is 7.67. The Labute approximate surface area is 93.6 Å². The van der Waals surface area contributed by atoms with Crippen LogP contribution in [0.15, 0.2) is 0 Å². The van der Waals surface area contributed by atoms with Gasteiger partial charge in [-0.15, -0.1) is 0 Å². The van der Waals surface area contributed by atoms with E-state index in [2.05, 4.69) is 64.5 Å². The third kappa shape index (κ3) is 36.1. The molecule has 0 saturated carbocycles. The first-order valence-corrected chi connectivity index (χ1v) is 17.7. The molecule has 0 atom stereocenters. The molecule has 0 amide bonds. The molecule has 0 aliphatic carbocycles. The molecule has 0 rings (SSSR count). The molecule has 0 aromatic carbocycles. The van der Waals surface area contributed by atoms with Crippen LogP contribution in [0.5, 0.6) is 0 Å². The summed E-state index contributed by atoms with van der Waals surface area (Å²) in [4.78, 5) is 0. The number of hydrogen-bond donors (Lipinski definition) is 1. The van der Waals surface area contributed by atoms with E-state index in [1.807, 2.05) is 0 Å². The first kappa shape index (κ1) is 14.4. The van der Waals surface area contributed by atoms with E-state index in [4.69, 9.17) is 5.11 Å². The SMILES string of the molecule is CCCCO.[I][Ti]([I])[I]. The second-order valence-electron chi connectivity index (χ2n) is 1.29. The number of unbranched alkanes of at least 4 members (excludes halogenated alkanes) is 1. The Hall–Kier alpha value is 2.86. The molecule has 0 spiro atoms. The van der Waals surface area contributed by atoms with Crippen LogP contribution in [-0.2, 0) is 6.63 Å². The van der Waals surface area contributed by atoms with Crippen molar-refractivity contribution in [3.63, 3.8) is 0 Å². The third-order valence-corrected chi connectivity index (χ3v) is 0.512. The fourth-order valence-corrected chi connectivity index (χ4v) is 0.158. The number of aliphatic hydroxyl groups excluding tert-OH is 1. The summed E-state index contributed by atoms with van der Waals surface area (Å²) in [7, 11) is 0. The van der Waals surface area contributed by atoms with E-state index in [0.717, 1.165) is 12.8 Å². The Morgan fingerprint density at radius 3 is 1.67 bits per heavy atom. The summed E-state index contributed by atoms with van der Waals surface area (Å²) in [6.07, 6.45) is 2.04. The van der Waals surface area contributed by atoms with Gasteiger partial charge in [-0.3, -0.25) is 0 Å². The summed E-state index contributed by atoms with van der Waals surface area (Å²) in [6.45, 7) is 1.97. The topological polar surface area (TPSA) is 20.2 Å². The molecular weight excluding hydrogens is 493 g/mol. The molecule has 57 valence electrons. The molecule has 0 aliphatic heterocycles. The first-order chi connectivity index (χ1) is 4.15. The second-order valence-corrected chi connectivity index (χ2v) is 40.8. The number of rotatable bonds is 2. The van der Waals surface area contributed by atoms with Crippen LogP contribution < -0.4 is 0 Å². The van der Waals surface area contributed by atoms with E-state index in [1.54, 1.807) is 0 Å². The Bertz CT molecular complexity index is 40.0. The van der Waals surface area contributed by atoms with E-state index in [-0.39, 0.29) is 0 Å². The molecule has 0 fully saturated rings. The minimum atomic E-state index is -0.423. The molecule has 0 saturated heterocycles. The van der Waals surface area contributed by atoms with Gasteiger partial charge in [0.15, 0.2) is 0 Å². The summed E-state index contributed by atoms with van der Waals surface area (Å²) in [6, 6.07) is 0. The molecule has 0 unspecified atom stereocenters. The quantitative estimate of drug-likeness (QED) is 0.453. The van der Waals surface area contributed by atoms with Crippen molar-refractivity contribution in [2.45, 2.75) is 19.8 Å². The van der Waals surface area contributed by atoms with Crippen LogP contribution in [0.2, 0.25) is 0 Å². The van der Waals surface area contributed by atoms with Crippen LogP contribution in [0.4, 0.5) is 0 Å². The number of halogens is 3. The van der Waals surface area contributed by atoms with E-state index in [0.29, 0.717) is 6.61 Å². The van der Waals surface area contributed by atoms with Gasteiger partial charge in [-0.05, 0) is 6.42 Å². The van der Waals surface area contributed by atoms with Gasteiger partial charge < -0.3 is 5.11 Å². The molecular formula is C4H10I3OTi. The van der Waals surface area contributed by atoms with Crippen LogP contribution in [0, 0.1) is 0 Å². The van der Waals surface area contributed by atoms with Gasteiger partial charge in [0.25, 0.3) is 0 Å². The monoisotopic (exact) mass is 503 g/mol. The Kier molecular flexibility index (Phi) is 21.5. The molecule has 1 N–H and O–H groups in total. The molecule has 5 heteroatoms. The van der Waals surface area contributed by atoms with E-state index < -0.39 is 6.63 Å². The predicted molar refractivity (Wildman–Crippen MR) is 64.1 cm³/mol. The van der Waals surface area contributed by atoms with Gasteiger partial charge in [-0.2, -0.15) is 0 Å². The van der Waals surface area contributed by atoms with Crippen LogP contribution in [0.25, 0.3) is 0 Å². The fourth-order valence-electron chi connectivity index (χ4n) is 0.158. The average Bonchev–Trinajstić information content (AvgIpc) is 1.66. The molecule has 1 nitrogen and oxygen atoms in total. The van der Waals surface area contributed by atoms with Gasteiger partial charge in [-0.1, -0.05) is 13.3 Å². The second kappa shape index (κ2) is 13.5. The van der Waals surface area contributed by atoms with E-state index in [1.165, 1.54) is 0 Å². The summed E-state index contributed by atoms with van der Waals surface area (Å²) < 4.78 is 0. The molecule has 0 bridgehead atoms. The molecule has 9 heavy (non-hydrogen) atoms. The fraction of sp³-hybridized carbons (Fsp3) is 1.00. The summed E-state index contributed by atoms with van der Waals surface area (Å²) in [5, 5.41) is 8.07. The van der Waals surface area contributed by atoms with Gasteiger partial charge in [0.1, 0.15) is 0 Å². The standard InChI is InChI=1S/C4H10O.3HI.Ti/c1-2-3-4-5;;;;/h5H,2-4H2,1H3;3*1H;/q;;;;+3/p-3. The zero-order valence-corrected chi connectivity index (χ0v) is 13.2. The van der Waals surface area contributed by atoms with Crippen molar-refractivity contribution in [2.75, 3.05) is 6.61 Å². The van der Waals surface area contributed by atoms with Crippen molar-refractivity contribution in [3.8, 4) is 0 Å². The Morgan fingerprint density at radius 1 is 1.33 bits per heavy atom. The first-order valence-electron chi connectivity index (χ1n) is 2.59. The average molecular weight is 503 g/mol. The summed E-state index contributed by atoms with van der Waals surface area (Å²) in [5.41, 5.74) is 0. The van der Waals surface area contributed by atoms with Crippen LogP contribution in [-0.4, -0.2) is 11.7 Å². The van der Waals surface area contributed by atoms with Crippen LogP contribution in [0.1, 0.15) is 19.8 Å². The summed E-state index contributed by atoms with van der Waals surface area (Å²) >= 11 is 7.45. The zero-order valence-electron chi connectivity index (χ0n) is 5.20. The van der Waals surface area contributed by atoms with E-state index >= 15 is 0 Å². The molecule has 0 radical (unpaired) electrons. The van der Waals surface area contributed by atoms with Gasteiger partial charge >= 0.3 is 64.2 Å². The van der Waals surface area contributed by atoms with Gasteiger partial charge in [0, 0.05) is 6.61 Å². The van der Waals surface area contributed by atoms with Crippen molar-refractivity contribution in [1.29, 1.82) is 0 Å². The van der Waals surface area contributed by atoms with Crippen molar-refractivity contribution in [1.82, 2.24) is 0 Å². The minimum absolute atomic E-state index is 0.344. The molecule has 0 aromatic rings. The van der Waals surface area contributed by atoms with Crippen molar-refractivity contribution in [3.05, 3.63) is 0 Å². The van der Waals surface area contributed by atoms with Gasteiger partial charge in [-0.25, -0.2) is 0 Å². The molecule has 0 aromatic heterocycles. The summed E-state index contributed by atoms with van der Waals surface area (Å²) in [5.74, 6) is 0. The van der Waals surface area contributed by atoms with E-state index in [9.17, 15) is 0 Å². The maximum atomic E-state index is 8.07. The molecule has 0 aliphatic rings. The van der Waals surface area contributed by atoms with Crippen LogP contribution >= 0.6 is 57.6 Å². The predicted octanol–water partition coefficient (Wildman–Crippen LogP) is 3.43. The van der Waals surface area contributed by atoms with Crippen molar-refractivity contribution < 1.29 is 11.7 Å². The van der Waals surface area contributed by atoms with Gasteiger partial charge in [0.05, 0.1) is 0 Å². The number of aliphatic hydroxyl groups is 1. The maximum absolute atomic E-state index is 8.07.